The molecule has 0 unspecified atom stereocenters. The van der Waals surface area contributed by atoms with Gasteiger partial charge in [-0.3, -0.25) is 9.89 Å². The van der Waals surface area contributed by atoms with Crippen molar-refractivity contribution in [3.63, 3.8) is 0 Å². The summed E-state index contributed by atoms with van der Waals surface area (Å²) in [5.41, 5.74) is 1.76. The summed E-state index contributed by atoms with van der Waals surface area (Å²) >= 11 is 0. The maximum atomic E-state index is 12.0. The van der Waals surface area contributed by atoms with Gasteiger partial charge in [-0.25, -0.2) is 4.68 Å². The molecule has 0 aliphatic carbocycles. The number of benzene rings is 2. The van der Waals surface area contributed by atoms with E-state index >= 15 is 0 Å². The van der Waals surface area contributed by atoms with Gasteiger partial charge >= 0.3 is 0 Å². The van der Waals surface area contributed by atoms with Gasteiger partial charge in [0.05, 0.1) is 10.9 Å². The van der Waals surface area contributed by atoms with Gasteiger partial charge in [0.2, 0.25) is 0 Å². The lowest BCUT2D eigenvalue weighted by Crippen LogP contribution is -2.15. The maximum Gasteiger partial charge on any atom is 0.275 e. The zero-order valence-corrected chi connectivity index (χ0v) is 10.3. The fourth-order valence-electron chi connectivity index (χ4n) is 1.96. The van der Waals surface area contributed by atoms with Crippen LogP contribution in [0.25, 0.3) is 10.9 Å². The number of H-pyrrole nitrogens is 1. The van der Waals surface area contributed by atoms with Gasteiger partial charge in [0, 0.05) is 5.56 Å². The van der Waals surface area contributed by atoms with E-state index in [9.17, 15) is 4.79 Å². The second-order valence-electron chi connectivity index (χ2n) is 4.22. The predicted octanol–water partition coefficient (Wildman–Crippen LogP) is 2.38. The Labute approximate surface area is 110 Å². The van der Waals surface area contributed by atoms with E-state index in [-0.39, 0.29) is 5.56 Å². The summed E-state index contributed by atoms with van der Waals surface area (Å²) in [6.07, 6.45) is 0. The smallest absolute Gasteiger partial charge is 0.275 e. The number of rotatable bonds is 1. The number of fused-ring (bicyclic) bond motifs is 1. The van der Waals surface area contributed by atoms with Crippen LogP contribution in [0.2, 0.25) is 0 Å². The first-order valence-electron chi connectivity index (χ1n) is 6.06. The Kier molecular flexibility index (Phi) is 2.91. The summed E-state index contributed by atoms with van der Waals surface area (Å²) in [6.45, 7) is 0.363. The SMILES string of the molecule is O=c1c2ccccc2[nH]n1CC#Cc1ccccc1. The quantitative estimate of drug-likeness (QED) is 0.660. The molecular weight excluding hydrogens is 236 g/mol. The van der Waals surface area contributed by atoms with E-state index < -0.39 is 0 Å². The molecule has 1 N–H and O–H groups in total. The number of nitrogens with one attached hydrogen (secondary N) is 1. The van der Waals surface area contributed by atoms with Crippen LogP contribution in [0.5, 0.6) is 0 Å². The highest BCUT2D eigenvalue weighted by Crippen LogP contribution is 2.05. The van der Waals surface area contributed by atoms with Gasteiger partial charge in [0.25, 0.3) is 5.56 Å². The molecule has 3 rings (SSSR count). The molecule has 1 heterocycles. The van der Waals surface area contributed by atoms with Crippen molar-refractivity contribution in [2.45, 2.75) is 6.54 Å². The molecule has 3 heteroatoms. The zero-order chi connectivity index (χ0) is 13.1. The highest BCUT2D eigenvalue weighted by molar-refractivity contribution is 5.77. The Hall–Kier alpha value is -2.73. The van der Waals surface area contributed by atoms with Crippen molar-refractivity contribution in [1.29, 1.82) is 0 Å². The van der Waals surface area contributed by atoms with Gasteiger partial charge in [0.15, 0.2) is 0 Å². The summed E-state index contributed by atoms with van der Waals surface area (Å²) in [6, 6.07) is 17.2. The fraction of sp³-hybridized carbons (Fsp3) is 0.0625. The van der Waals surface area contributed by atoms with E-state index in [4.69, 9.17) is 0 Å². The molecule has 3 nitrogen and oxygen atoms in total. The lowest BCUT2D eigenvalue weighted by molar-refractivity contribution is 0.700. The highest BCUT2D eigenvalue weighted by atomic mass is 16.1. The van der Waals surface area contributed by atoms with Crippen molar-refractivity contribution in [2.24, 2.45) is 0 Å². The normalized spacial score (nSPS) is 10.1. The van der Waals surface area contributed by atoms with Crippen molar-refractivity contribution in [3.05, 3.63) is 70.5 Å². The number of hydrogen-bond acceptors (Lipinski definition) is 1. The Morgan fingerprint density at radius 2 is 1.74 bits per heavy atom. The average Bonchev–Trinajstić information content (AvgIpc) is 2.78. The summed E-state index contributed by atoms with van der Waals surface area (Å²) in [4.78, 5) is 12.0. The van der Waals surface area contributed by atoms with Crippen LogP contribution in [0.15, 0.2) is 59.4 Å². The molecule has 0 amide bonds. The van der Waals surface area contributed by atoms with Crippen molar-refractivity contribution < 1.29 is 0 Å². The molecule has 0 bridgehead atoms. The zero-order valence-electron chi connectivity index (χ0n) is 10.3. The first kappa shape index (κ1) is 11.4. The van der Waals surface area contributed by atoms with Crippen molar-refractivity contribution in [2.75, 3.05) is 0 Å². The van der Waals surface area contributed by atoms with Crippen LogP contribution in [-0.2, 0) is 6.54 Å². The second-order valence-corrected chi connectivity index (χ2v) is 4.22. The van der Waals surface area contributed by atoms with E-state index in [0.717, 1.165) is 11.1 Å². The van der Waals surface area contributed by atoms with Gasteiger partial charge in [-0.2, -0.15) is 0 Å². The van der Waals surface area contributed by atoms with Crippen LogP contribution >= 0.6 is 0 Å². The van der Waals surface area contributed by atoms with E-state index in [1.807, 2.05) is 54.6 Å². The van der Waals surface area contributed by atoms with E-state index in [0.29, 0.717) is 11.9 Å². The van der Waals surface area contributed by atoms with Gasteiger partial charge in [0.1, 0.15) is 6.54 Å². The Morgan fingerprint density at radius 3 is 2.53 bits per heavy atom. The highest BCUT2D eigenvalue weighted by Gasteiger charge is 2.03. The Morgan fingerprint density at radius 1 is 1.00 bits per heavy atom. The summed E-state index contributed by atoms with van der Waals surface area (Å²) in [5, 5.41) is 3.75. The van der Waals surface area contributed by atoms with Crippen LogP contribution in [0.3, 0.4) is 0 Å². The van der Waals surface area contributed by atoms with Crippen molar-refractivity contribution >= 4 is 10.9 Å². The molecule has 92 valence electrons. The number of para-hydroxylation sites is 1. The van der Waals surface area contributed by atoms with Crippen molar-refractivity contribution in [1.82, 2.24) is 9.78 Å². The molecule has 0 atom stereocenters. The number of aromatic nitrogens is 2. The minimum atomic E-state index is -0.0297. The van der Waals surface area contributed by atoms with Crippen LogP contribution in [-0.4, -0.2) is 9.78 Å². The first-order valence-corrected chi connectivity index (χ1v) is 6.06. The molecule has 0 aliphatic rings. The van der Waals surface area contributed by atoms with Crippen LogP contribution in [0.4, 0.5) is 0 Å². The average molecular weight is 248 g/mol. The van der Waals surface area contributed by atoms with Gasteiger partial charge in [-0.05, 0) is 24.3 Å². The maximum absolute atomic E-state index is 12.0. The van der Waals surface area contributed by atoms with Gasteiger partial charge < -0.3 is 0 Å². The predicted molar refractivity (Wildman–Crippen MR) is 75.9 cm³/mol. The largest absolute Gasteiger partial charge is 0.294 e. The molecular formula is C16H12N2O. The molecule has 0 fully saturated rings. The molecule has 0 saturated heterocycles. The lowest BCUT2D eigenvalue weighted by Gasteiger charge is -1.92. The molecule has 19 heavy (non-hydrogen) atoms. The number of aromatic amines is 1. The lowest BCUT2D eigenvalue weighted by atomic mass is 10.2. The molecule has 3 aromatic rings. The molecule has 0 spiro atoms. The van der Waals surface area contributed by atoms with Gasteiger partial charge in [-0.1, -0.05) is 42.2 Å². The summed E-state index contributed by atoms with van der Waals surface area (Å²) in [7, 11) is 0. The van der Waals surface area contributed by atoms with Crippen molar-refractivity contribution in [3.8, 4) is 11.8 Å². The number of hydrogen-bond donors (Lipinski definition) is 1. The summed E-state index contributed by atoms with van der Waals surface area (Å²) in [5.74, 6) is 6.04. The molecule has 0 saturated carbocycles. The Bertz CT molecular complexity index is 816. The van der Waals surface area contributed by atoms with Crippen LogP contribution in [0, 0.1) is 11.8 Å². The van der Waals surface area contributed by atoms with E-state index in [1.165, 1.54) is 4.68 Å². The summed E-state index contributed by atoms with van der Waals surface area (Å²) < 4.78 is 1.53. The van der Waals surface area contributed by atoms with Crippen LogP contribution < -0.4 is 5.56 Å². The first-order chi connectivity index (χ1) is 9.34. The molecule has 0 radical (unpaired) electrons. The molecule has 2 aromatic carbocycles. The fourth-order valence-corrected chi connectivity index (χ4v) is 1.96. The molecule has 0 aliphatic heterocycles. The minimum absolute atomic E-state index is 0.0297. The third kappa shape index (κ3) is 2.29. The van der Waals surface area contributed by atoms with Crippen LogP contribution in [0.1, 0.15) is 5.56 Å². The third-order valence-corrected chi connectivity index (χ3v) is 2.90. The second kappa shape index (κ2) is 4.87. The Balaban J connectivity index is 1.89. The van der Waals surface area contributed by atoms with Gasteiger partial charge in [-0.15, -0.1) is 0 Å². The van der Waals surface area contributed by atoms with E-state index in [2.05, 4.69) is 16.9 Å². The standard InChI is InChI=1S/C16H12N2O/c19-16-14-10-4-5-11-15(14)17-18(16)12-6-9-13-7-2-1-3-8-13/h1-5,7-8,10-11,17H,12H2. The van der Waals surface area contributed by atoms with E-state index in [1.54, 1.807) is 0 Å². The third-order valence-electron chi connectivity index (χ3n) is 2.90. The monoisotopic (exact) mass is 248 g/mol. The minimum Gasteiger partial charge on any atom is -0.294 e. The topological polar surface area (TPSA) is 37.8 Å². The molecule has 1 aromatic heterocycles. The number of nitrogens with zero attached hydrogens (tertiary/aromatic N) is 1.